The largest absolute Gasteiger partial charge is 0.481 e. The highest BCUT2D eigenvalue weighted by Gasteiger charge is 2.06. The topological polar surface area (TPSA) is 37.3 Å². The lowest BCUT2D eigenvalue weighted by atomic mass is 10.1. The number of aliphatic carboxylic acids is 1. The van der Waals surface area contributed by atoms with Crippen LogP contribution < -0.4 is 0 Å². The van der Waals surface area contributed by atoms with Crippen molar-refractivity contribution in [1.82, 2.24) is 0 Å². The minimum atomic E-state index is -0.682. The molecular weight excluding hydrogens is 208 g/mol. The number of carboxylic acid groups (broad SMARTS) is 1. The minimum Gasteiger partial charge on any atom is -0.481 e. The molecule has 15 heavy (non-hydrogen) atoms. The van der Waals surface area contributed by atoms with Crippen molar-refractivity contribution in [2.75, 3.05) is 5.75 Å². The van der Waals surface area contributed by atoms with Gasteiger partial charge in [0, 0.05) is 5.25 Å². The van der Waals surface area contributed by atoms with Crippen LogP contribution in [0.5, 0.6) is 0 Å². The fraction of sp³-hybridized carbons (Fsp3) is 0.917. The third-order valence-electron chi connectivity index (χ3n) is 2.36. The van der Waals surface area contributed by atoms with Crippen molar-refractivity contribution in [1.29, 1.82) is 0 Å². The Labute approximate surface area is 97.8 Å². The fourth-order valence-corrected chi connectivity index (χ4v) is 2.51. The number of carboxylic acids is 1. The summed E-state index contributed by atoms with van der Waals surface area (Å²) in [5.74, 6) is 0.429. The second-order valence-corrected chi connectivity index (χ2v) is 5.59. The van der Waals surface area contributed by atoms with Crippen LogP contribution >= 0.6 is 11.8 Å². The molecule has 0 aliphatic heterocycles. The molecular formula is C12H24O2S. The monoisotopic (exact) mass is 232 g/mol. The summed E-state index contributed by atoms with van der Waals surface area (Å²) in [6, 6.07) is 0. The summed E-state index contributed by atoms with van der Waals surface area (Å²) in [7, 11) is 0. The van der Waals surface area contributed by atoms with E-state index in [2.05, 4.69) is 6.92 Å². The third-order valence-corrected chi connectivity index (χ3v) is 3.62. The fourth-order valence-electron chi connectivity index (χ4n) is 1.47. The zero-order valence-electron chi connectivity index (χ0n) is 10.00. The van der Waals surface area contributed by atoms with Gasteiger partial charge in [0.25, 0.3) is 0 Å². The molecule has 0 heterocycles. The van der Waals surface area contributed by atoms with Crippen molar-refractivity contribution >= 4 is 17.7 Å². The van der Waals surface area contributed by atoms with E-state index >= 15 is 0 Å². The predicted octanol–water partition coefficient (Wildman–Crippen LogP) is 3.94. The zero-order chi connectivity index (χ0) is 11.5. The van der Waals surface area contributed by atoms with Crippen molar-refractivity contribution in [3.05, 3.63) is 0 Å². The Morgan fingerprint density at radius 1 is 1.20 bits per heavy atom. The molecule has 0 fully saturated rings. The Kier molecular flexibility index (Phi) is 10.2. The third kappa shape index (κ3) is 11.7. The molecule has 0 aliphatic rings. The normalized spacial score (nSPS) is 12.7. The van der Waals surface area contributed by atoms with Gasteiger partial charge >= 0.3 is 5.97 Å². The Hall–Kier alpha value is -0.180. The zero-order valence-corrected chi connectivity index (χ0v) is 10.8. The van der Waals surface area contributed by atoms with Crippen LogP contribution in [0.25, 0.3) is 0 Å². The van der Waals surface area contributed by atoms with Gasteiger partial charge in [-0.3, -0.25) is 4.79 Å². The van der Waals surface area contributed by atoms with Crippen LogP contribution in [0.15, 0.2) is 0 Å². The first-order chi connectivity index (χ1) is 7.16. The van der Waals surface area contributed by atoms with Gasteiger partial charge in [0.1, 0.15) is 0 Å². The molecule has 1 atom stereocenters. The number of hydrogen-bond donors (Lipinski definition) is 1. The second-order valence-electron chi connectivity index (χ2n) is 4.05. The first-order valence-electron chi connectivity index (χ1n) is 6.00. The summed E-state index contributed by atoms with van der Waals surface area (Å²) in [5.41, 5.74) is 0. The summed E-state index contributed by atoms with van der Waals surface area (Å²) in [4.78, 5) is 10.4. The van der Waals surface area contributed by atoms with E-state index in [1.54, 1.807) is 11.8 Å². The Morgan fingerprint density at radius 3 is 2.40 bits per heavy atom. The molecule has 0 saturated carbocycles. The van der Waals surface area contributed by atoms with Gasteiger partial charge in [-0.15, -0.1) is 0 Å². The van der Waals surface area contributed by atoms with E-state index in [1.165, 1.54) is 38.5 Å². The van der Waals surface area contributed by atoms with E-state index in [4.69, 9.17) is 5.11 Å². The lowest BCUT2D eigenvalue weighted by Gasteiger charge is -2.07. The van der Waals surface area contributed by atoms with E-state index in [9.17, 15) is 4.79 Å². The van der Waals surface area contributed by atoms with E-state index in [-0.39, 0.29) is 5.25 Å². The van der Waals surface area contributed by atoms with Crippen LogP contribution in [0.1, 0.15) is 58.8 Å². The highest BCUT2D eigenvalue weighted by molar-refractivity contribution is 7.99. The summed E-state index contributed by atoms with van der Waals surface area (Å²) >= 11 is 1.79. The van der Waals surface area contributed by atoms with Gasteiger partial charge in [0.2, 0.25) is 0 Å². The SMILES string of the molecule is CCCCCCCCSC(C)CC(=O)O. The highest BCUT2D eigenvalue weighted by Crippen LogP contribution is 2.16. The van der Waals surface area contributed by atoms with Gasteiger partial charge < -0.3 is 5.11 Å². The van der Waals surface area contributed by atoms with Crippen LogP contribution in [0, 0.1) is 0 Å². The molecule has 0 bridgehead atoms. The smallest absolute Gasteiger partial charge is 0.304 e. The molecule has 1 unspecified atom stereocenters. The minimum absolute atomic E-state index is 0.262. The van der Waals surface area contributed by atoms with Gasteiger partial charge in [-0.05, 0) is 12.2 Å². The Morgan fingerprint density at radius 2 is 1.80 bits per heavy atom. The molecule has 0 saturated heterocycles. The Bertz CT molecular complexity index is 160. The number of carbonyl (C=O) groups is 1. The molecule has 0 radical (unpaired) electrons. The highest BCUT2D eigenvalue weighted by atomic mass is 32.2. The molecule has 0 aromatic carbocycles. The number of hydrogen-bond acceptors (Lipinski definition) is 2. The van der Waals surface area contributed by atoms with Crippen LogP contribution in [0.2, 0.25) is 0 Å². The summed E-state index contributed by atoms with van der Waals surface area (Å²) in [5, 5.41) is 8.83. The summed E-state index contributed by atoms with van der Waals surface area (Å²) in [6.07, 6.45) is 8.16. The van der Waals surface area contributed by atoms with Crippen molar-refractivity contribution in [3.8, 4) is 0 Å². The molecule has 90 valence electrons. The molecule has 0 spiro atoms. The average molecular weight is 232 g/mol. The number of rotatable bonds is 10. The van der Waals surface area contributed by atoms with E-state index in [0.29, 0.717) is 6.42 Å². The molecule has 0 aliphatic carbocycles. The number of thioether (sulfide) groups is 1. The van der Waals surface area contributed by atoms with Crippen molar-refractivity contribution in [3.63, 3.8) is 0 Å². The van der Waals surface area contributed by atoms with E-state index < -0.39 is 5.97 Å². The first kappa shape index (κ1) is 14.8. The molecule has 1 N–H and O–H groups in total. The van der Waals surface area contributed by atoms with Crippen LogP contribution in [-0.4, -0.2) is 22.1 Å². The summed E-state index contributed by atoms with van der Waals surface area (Å²) in [6.45, 7) is 4.22. The standard InChI is InChI=1S/C12H24O2S/c1-3-4-5-6-7-8-9-15-11(2)10-12(13)14/h11H,3-10H2,1-2H3,(H,13,14). The van der Waals surface area contributed by atoms with Gasteiger partial charge in [-0.2, -0.15) is 11.8 Å². The van der Waals surface area contributed by atoms with Gasteiger partial charge in [-0.1, -0.05) is 46.0 Å². The molecule has 0 rings (SSSR count). The molecule has 0 amide bonds. The maximum Gasteiger partial charge on any atom is 0.304 e. The van der Waals surface area contributed by atoms with E-state index in [0.717, 1.165) is 5.75 Å². The molecule has 0 aromatic rings. The molecule has 2 nitrogen and oxygen atoms in total. The van der Waals surface area contributed by atoms with Crippen LogP contribution in [0.3, 0.4) is 0 Å². The number of unbranched alkanes of at least 4 members (excludes halogenated alkanes) is 5. The lowest BCUT2D eigenvalue weighted by Crippen LogP contribution is -2.06. The van der Waals surface area contributed by atoms with Crippen molar-refractivity contribution in [2.45, 2.75) is 64.0 Å². The van der Waals surface area contributed by atoms with Crippen molar-refractivity contribution < 1.29 is 9.90 Å². The lowest BCUT2D eigenvalue weighted by molar-refractivity contribution is -0.136. The van der Waals surface area contributed by atoms with Crippen LogP contribution in [-0.2, 0) is 4.79 Å². The maximum atomic E-state index is 10.4. The predicted molar refractivity (Wildman–Crippen MR) is 67.5 cm³/mol. The first-order valence-corrected chi connectivity index (χ1v) is 7.05. The van der Waals surface area contributed by atoms with Crippen LogP contribution in [0.4, 0.5) is 0 Å². The second kappa shape index (κ2) is 10.3. The average Bonchev–Trinajstić information content (AvgIpc) is 2.15. The summed E-state index contributed by atoms with van der Waals surface area (Å²) < 4.78 is 0. The van der Waals surface area contributed by atoms with Gasteiger partial charge in [0.15, 0.2) is 0 Å². The molecule has 3 heteroatoms. The quantitative estimate of drug-likeness (QED) is 0.580. The van der Waals surface area contributed by atoms with Gasteiger partial charge in [-0.25, -0.2) is 0 Å². The molecule has 0 aromatic heterocycles. The Balaban J connectivity index is 3.13. The maximum absolute atomic E-state index is 10.4. The van der Waals surface area contributed by atoms with E-state index in [1.807, 2.05) is 6.92 Å². The van der Waals surface area contributed by atoms with Crippen molar-refractivity contribution in [2.24, 2.45) is 0 Å². The van der Waals surface area contributed by atoms with Gasteiger partial charge in [0.05, 0.1) is 6.42 Å².